The molecule has 1 amide bonds. The Balaban J connectivity index is 1.73. The number of para-hydroxylation sites is 1. The van der Waals surface area contributed by atoms with Gasteiger partial charge in [-0.1, -0.05) is 82.3 Å². The lowest BCUT2D eigenvalue weighted by molar-refractivity contribution is -0.122. The number of aromatic hydroxyl groups is 1. The number of phenols is 1. The molecule has 0 heterocycles. The summed E-state index contributed by atoms with van der Waals surface area (Å²) < 4.78 is 5.96. The van der Waals surface area contributed by atoms with Gasteiger partial charge in [0, 0.05) is 5.56 Å². The Morgan fingerprint density at radius 2 is 1.65 bits per heavy atom. The molecule has 0 aliphatic rings. The Bertz CT molecular complexity index is 1010. The first-order valence-corrected chi connectivity index (χ1v) is 10.8. The van der Waals surface area contributed by atoms with E-state index in [1.54, 1.807) is 6.07 Å². The molecule has 0 aromatic heterocycles. The quantitative estimate of drug-likeness (QED) is 0.409. The van der Waals surface area contributed by atoms with Crippen LogP contribution in [0, 0.1) is 0 Å². The van der Waals surface area contributed by atoms with Gasteiger partial charge in [0.2, 0.25) is 0 Å². The molecule has 0 fully saturated rings. The third-order valence-electron chi connectivity index (χ3n) is 5.84. The van der Waals surface area contributed by atoms with E-state index in [2.05, 4.69) is 38.2 Å². The first kappa shape index (κ1) is 22.4. The van der Waals surface area contributed by atoms with Crippen LogP contribution in [0.1, 0.15) is 46.1 Å². The van der Waals surface area contributed by atoms with Crippen molar-refractivity contribution in [1.29, 1.82) is 0 Å². The van der Waals surface area contributed by atoms with Crippen LogP contribution in [0.3, 0.4) is 0 Å². The van der Waals surface area contributed by atoms with Crippen molar-refractivity contribution >= 4 is 11.6 Å². The van der Waals surface area contributed by atoms with Crippen LogP contribution in [-0.4, -0.2) is 17.1 Å². The highest BCUT2D eigenvalue weighted by molar-refractivity contribution is 5.97. The molecule has 162 valence electrons. The normalized spacial score (nSPS) is 12.3. The van der Waals surface area contributed by atoms with Crippen molar-refractivity contribution in [1.82, 2.24) is 0 Å². The summed E-state index contributed by atoms with van der Waals surface area (Å²) in [5, 5.41) is 13.5. The predicted octanol–water partition coefficient (Wildman–Crippen LogP) is 6.54. The summed E-state index contributed by atoms with van der Waals surface area (Å²) in [6, 6.07) is 22.8. The van der Waals surface area contributed by atoms with Crippen molar-refractivity contribution in [2.75, 3.05) is 5.32 Å². The third-order valence-corrected chi connectivity index (χ3v) is 5.84. The van der Waals surface area contributed by atoms with Crippen LogP contribution in [-0.2, 0) is 10.2 Å². The number of carbonyl (C=O) groups is 1. The molecule has 1 atom stereocenters. The molecule has 0 saturated heterocycles. The van der Waals surface area contributed by atoms with E-state index in [-0.39, 0.29) is 17.1 Å². The first-order valence-electron chi connectivity index (χ1n) is 10.8. The molecule has 0 bridgehead atoms. The summed E-state index contributed by atoms with van der Waals surface area (Å²) in [4.78, 5) is 12.9. The minimum absolute atomic E-state index is 0.0445. The number of benzene rings is 3. The fraction of sp³-hybridized carbons (Fsp3) is 0.296. The minimum Gasteiger partial charge on any atom is -0.505 e. The molecule has 2 N–H and O–H groups in total. The van der Waals surface area contributed by atoms with Gasteiger partial charge in [-0.2, -0.15) is 0 Å². The maximum absolute atomic E-state index is 12.9. The van der Waals surface area contributed by atoms with Gasteiger partial charge < -0.3 is 15.2 Å². The van der Waals surface area contributed by atoms with Crippen LogP contribution >= 0.6 is 0 Å². The van der Waals surface area contributed by atoms with Crippen LogP contribution in [0.2, 0.25) is 0 Å². The maximum atomic E-state index is 12.9. The molecule has 3 aromatic carbocycles. The Kier molecular flexibility index (Phi) is 7.01. The molecule has 3 rings (SSSR count). The molecule has 0 radical (unpaired) electrons. The van der Waals surface area contributed by atoms with Gasteiger partial charge in [0.1, 0.15) is 11.5 Å². The van der Waals surface area contributed by atoms with Crippen LogP contribution in [0.5, 0.6) is 11.5 Å². The van der Waals surface area contributed by atoms with E-state index in [1.165, 1.54) is 5.56 Å². The topological polar surface area (TPSA) is 58.6 Å². The second-order valence-electron chi connectivity index (χ2n) is 8.33. The van der Waals surface area contributed by atoms with Crippen molar-refractivity contribution in [2.24, 2.45) is 0 Å². The van der Waals surface area contributed by atoms with Gasteiger partial charge in [0.05, 0.1) is 5.69 Å². The zero-order chi connectivity index (χ0) is 22.4. The Morgan fingerprint density at radius 3 is 2.26 bits per heavy atom. The van der Waals surface area contributed by atoms with Gasteiger partial charge in [-0.25, -0.2) is 0 Å². The molecule has 1 unspecified atom stereocenters. The zero-order valence-corrected chi connectivity index (χ0v) is 18.7. The fourth-order valence-corrected chi connectivity index (χ4v) is 3.38. The van der Waals surface area contributed by atoms with Crippen molar-refractivity contribution in [3.63, 3.8) is 0 Å². The molecule has 31 heavy (non-hydrogen) atoms. The molecule has 4 nitrogen and oxygen atoms in total. The van der Waals surface area contributed by atoms with Gasteiger partial charge in [0.25, 0.3) is 5.91 Å². The molecule has 4 heteroatoms. The van der Waals surface area contributed by atoms with E-state index < -0.39 is 6.10 Å². The molecule has 3 aromatic rings. The first-order chi connectivity index (χ1) is 14.9. The number of hydrogen-bond acceptors (Lipinski definition) is 3. The molecular weight excluding hydrogens is 386 g/mol. The summed E-state index contributed by atoms with van der Waals surface area (Å²) in [5.41, 5.74) is 3.26. The van der Waals surface area contributed by atoms with Crippen LogP contribution in [0.15, 0.2) is 72.8 Å². The Labute approximate surface area is 184 Å². The summed E-state index contributed by atoms with van der Waals surface area (Å²) >= 11 is 0. The number of ether oxygens (including phenoxy) is 1. The second-order valence-corrected chi connectivity index (χ2v) is 8.33. The fourth-order valence-electron chi connectivity index (χ4n) is 3.38. The lowest BCUT2D eigenvalue weighted by atomic mass is 9.82. The number of amides is 1. The number of nitrogens with one attached hydrogen (secondary N) is 1. The Morgan fingerprint density at radius 1 is 0.968 bits per heavy atom. The molecular formula is C27H31NO3. The number of hydrogen-bond donors (Lipinski definition) is 2. The maximum Gasteiger partial charge on any atom is 0.265 e. The number of anilines is 1. The van der Waals surface area contributed by atoms with Gasteiger partial charge in [-0.3, -0.25) is 4.79 Å². The monoisotopic (exact) mass is 417 g/mol. The van der Waals surface area contributed by atoms with Crippen molar-refractivity contribution < 1.29 is 14.6 Å². The summed E-state index contributed by atoms with van der Waals surface area (Å²) in [6.07, 6.45) is 0.885. The molecule has 0 aliphatic carbocycles. The third kappa shape index (κ3) is 5.26. The summed E-state index contributed by atoms with van der Waals surface area (Å²) in [5.74, 6) is 0.406. The van der Waals surface area contributed by atoms with Gasteiger partial charge >= 0.3 is 0 Å². The number of phenolic OH excluding ortho intramolecular Hbond substituents is 1. The lowest BCUT2D eigenvalue weighted by Crippen LogP contribution is -2.32. The highest BCUT2D eigenvalue weighted by Gasteiger charge is 2.22. The van der Waals surface area contributed by atoms with Gasteiger partial charge in [-0.15, -0.1) is 0 Å². The predicted molar refractivity (Wildman–Crippen MR) is 127 cm³/mol. The SMILES string of the molecule is CCC(Oc1ccc(C(C)(C)CC)cc1)C(=O)Nc1cccc(-c2ccccc2)c1O. The van der Waals surface area contributed by atoms with E-state index in [9.17, 15) is 9.90 Å². The van der Waals surface area contributed by atoms with E-state index in [0.29, 0.717) is 23.4 Å². The van der Waals surface area contributed by atoms with E-state index >= 15 is 0 Å². The van der Waals surface area contributed by atoms with E-state index in [0.717, 1.165) is 12.0 Å². The summed E-state index contributed by atoms with van der Waals surface area (Å²) in [7, 11) is 0. The van der Waals surface area contributed by atoms with Crippen molar-refractivity contribution in [2.45, 2.75) is 52.1 Å². The van der Waals surface area contributed by atoms with Crippen LogP contribution in [0.4, 0.5) is 5.69 Å². The smallest absolute Gasteiger partial charge is 0.265 e. The standard InChI is InChI=1S/C27H31NO3/c1-5-24(31-21-17-15-20(16-18-21)27(3,4)6-2)26(30)28-23-14-10-13-22(25(23)29)19-11-8-7-9-12-19/h7-18,24,29H,5-6H2,1-4H3,(H,28,30). The highest BCUT2D eigenvalue weighted by atomic mass is 16.5. The number of rotatable bonds is 8. The average molecular weight is 418 g/mol. The van der Waals surface area contributed by atoms with E-state index in [4.69, 9.17) is 4.74 Å². The largest absolute Gasteiger partial charge is 0.505 e. The summed E-state index contributed by atoms with van der Waals surface area (Å²) in [6.45, 7) is 8.49. The minimum atomic E-state index is -0.662. The second kappa shape index (κ2) is 9.69. The molecule has 0 aliphatic heterocycles. The van der Waals surface area contributed by atoms with Gasteiger partial charge in [0.15, 0.2) is 6.10 Å². The van der Waals surface area contributed by atoms with Gasteiger partial charge in [-0.05, 0) is 47.6 Å². The average Bonchev–Trinajstić information content (AvgIpc) is 2.79. The van der Waals surface area contributed by atoms with Crippen LogP contribution < -0.4 is 10.1 Å². The zero-order valence-electron chi connectivity index (χ0n) is 18.7. The van der Waals surface area contributed by atoms with Crippen molar-refractivity contribution in [3.8, 4) is 22.6 Å². The Hall–Kier alpha value is -3.27. The highest BCUT2D eigenvalue weighted by Crippen LogP contribution is 2.35. The van der Waals surface area contributed by atoms with Crippen molar-refractivity contribution in [3.05, 3.63) is 78.4 Å². The lowest BCUT2D eigenvalue weighted by Gasteiger charge is -2.24. The molecule has 0 saturated carbocycles. The number of carbonyl (C=O) groups excluding carboxylic acids is 1. The van der Waals surface area contributed by atoms with E-state index in [1.807, 2.05) is 61.5 Å². The molecule has 0 spiro atoms. The van der Waals surface area contributed by atoms with Crippen LogP contribution in [0.25, 0.3) is 11.1 Å².